The van der Waals surface area contributed by atoms with Crippen LogP contribution in [0.15, 0.2) is 36.5 Å². The highest BCUT2D eigenvalue weighted by molar-refractivity contribution is 5.41. The van der Waals surface area contributed by atoms with E-state index in [0.29, 0.717) is 0 Å². The van der Waals surface area contributed by atoms with E-state index >= 15 is 0 Å². The van der Waals surface area contributed by atoms with Gasteiger partial charge in [-0.1, -0.05) is 12.1 Å². The van der Waals surface area contributed by atoms with Gasteiger partial charge in [-0.15, -0.1) is 0 Å². The minimum Gasteiger partial charge on any atom is -0.497 e. The van der Waals surface area contributed by atoms with Crippen molar-refractivity contribution in [3.8, 4) is 5.75 Å². The first-order chi connectivity index (χ1) is 13.2. The molecule has 0 radical (unpaired) electrons. The van der Waals surface area contributed by atoms with E-state index in [1.54, 1.807) is 13.3 Å². The summed E-state index contributed by atoms with van der Waals surface area (Å²) in [6.45, 7) is 6.46. The lowest BCUT2D eigenvalue weighted by molar-refractivity contribution is 0.135. The van der Waals surface area contributed by atoms with E-state index in [-0.39, 0.29) is 12.6 Å². The minimum atomic E-state index is 0.172. The van der Waals surface area contributed by atoms with Crippen LogP contribution in [0.3, 0.4) is 0 Å². The maximum absolute atomic E-state index is 9.55. The third kappa shape index (κ3) is 5.08. The average Bonchev–Trinajstić information content (AvgIpc) is 2.70. The Morgan fingerprint density at radius 2 is 2.19 bits per heavy atom. The summed E-state index contributed by atoms with van der Waals surface area (Å²) in [5, 5.41) is 12.8. The van der Waals surface area contributed by atoms with Crippen molar-refractivity contribution < 1.29 is 9.84 Å². The molecule has 1 aromatic heterocycles. The van der Waals surface area contributed by atoms with Crippen LogP contribution in [0, 0.1) is 0 Å². The number of rotatable bonds is 8. The molecule has 3 rings (SSSR count). The molecule has 0 amide bonds. The molecule has 0 bridgehead atoms. The van der Waals surface area contributed by atoms with Crippen LogP contribution >= 0.6 is 0 Å². The number of aromatic nitrogens is 2. The molecule has 1 aromatic carbocycles. The molecule has 1 fully saturated rings. The molecule has 2 aromatic rings. The van der Waals surface area contributed by atoms with E-state index in [1.165, 1.54) is 5.56 Å². The lowest BCUT2D eigenvalue weighted by Gasteiger charge is -2.41. The Morgan fingerprint density at radius 1 is 1.30 bits per heavy atom. The number of nitrogens with zero attached hydrogens (tertiary/aromatic N) is 4. The lowest BCUT2D eigenvalue weighted by atomic mass is 10.1. The fraction of sp³-hybridized carbons (Fsp3) is 0.500. The van der Waals surface area contributed by atoms with E-state index in [0.717, 1.165) is 56.7 Å². The lowest BCUT2D eigenvalue weighted by Crippen LogP contribution is -2.53. The highest BCUT2D eigenvalue weighted by atomic mass is 16.5. The highest BCUT2D eigenvalue weighted by Crippen LogP contribution is 2.22. The quantitative estimate of drug-likeness (QED) is 0.735. The summed E-state index contributed by atoms with van der Waals surface area (Å²) in [5.74, 6) is 2.47. The summed E-state index contributed by atoms with van der Waals surface area (Å²) < 4.78 is 5.34. The number of hydrogen-bond donors (Lipinski definition) is 2. The minimum absolute atomic E-state index is 0.172. The van der Waals surface area contributed by atoms with Crippen LogP contribution < -0.4 is 15.0 Å². The van der Waals surface area contributed by atoms with Gasteiger partial charge in [0.15, 0.2) is 0 Å². The predicted octanol–water partition coefficient (Wildman–Crippen LogP) is 1.99. The highest BCUT2D eigenvalue weighted by Gasteiger charge is 2.28. The summed E-state index contributed by atoms with van der Waals surface area (Å²) in [6, 6.07) is 10.3. The third-order valence-corrected chi connectivity index (χ3v) is 4.87. The van der Waals surface area contributed by atoms with Crippen LogP contribution in [0.1, 0.15) is 18.9 Å². The second-order valence-corrected chi connectivity index (χ2v) is 6.71. The number of ether oxygens (including phenoxy) is 1. The van der Waals surface area contributed by atoms with Gasteiger partial charge in [0, 0.05) is 51.6 Å². The predicted molar refractivity (Wildman–Crippen MR) is 107 cm³/mol. The average molecular weight is 371 g/mol. The largest absolute Gasteiger partial charge is 0.497 e. The van der Waals surface area contributed by atoms with Crippen molar-refractivity contribution in [2.24, 2.45) is 0 Å². The van der Waals surface area contributed by atoms with E-state index in [2.05, 4.69) is 44.1 Å². The van der Waals surface area contributed by atoms with Gasteiger partial charge < -0.3 is 20.1 Å². The van der Waals surface area contributed by atoms with Gasteiger partial charge >= 0.3 is 0 Å². The van der Waals surface area contributed by atoms with Crippen molar-refractivity contribution in [1.29, 1.82) is 0 Å². The zero-order chi connectivity index (χ0) is 19.1. The number of methoxy groups -OCH3 is 1. The number of benzene rings is 1. The van der Waals surface area contributed by atoms with Crippen molar-refractivity contribution in [1.82, 2.24) is 14.9 Å². The Morgan fingerprint density at radius 3 is 2.96 bits per heavy atom. The van der Waals surface area contributed by atoms with Gasteiger partial charge in [0.1, 0.15) is 11.6 Å². The van der Waals surface area contributed by atoms with Gasteiger partial charge in [-0.05, 0) is 37.1 Å². The van der Waals surface area contributed by atoms with Crippen LogP contribution in [-0.4, -0.2) is 65.9 Å². The smallest absolute Gasteiger partial charge is 0.227 e. The molecule has 0 unspecified atom stereocenters. The Labute approximate surface area is 161 Å². The molecule has 1 aliphatic heterocycles. The maximum Gasteiger partial charge on any atom is 0.227 e. The summed E-state index contributed by atoms with van der Waals surface area (Å²) in [4.78, 5) is 13.7. The van der Waals surface area contributed by atoms with Crippen molar-refractivity contribution >= 4 is 11.8 Å². The molecule has 146 valence electrons. The summed E-state index contributed by atoms with van der Waals surface area (Å²) >= 11 is 0. The van der Waals surface area contributed by atoms with Gasteiger partial charge in [-0.3, -0.25) is 4.90 Å². The van der Waals surface area contributed by atoms with Crippen LogP contribution in [0.5, 0.6) is 5.75 Å². The molecule has 2 heterocycles. The molecule has 7 nitrogen and oxygen atoms in total. The van der Waals surface area contributed by atoms with E-state index in [1.807, 2.05) is 18.2 Å². The number of nitrogens with one attached hydrogen (secondary N) is 1. The SMILES string of the molecule is CCNc1ccnc(N2CCN(Cc3cccc(OC)c3)[C@@H](CCO)C2)n1. The third-order valence-electron chi connectivity index (χ3n) is 4.87. The molecule has 2 N–H and O–H groups in total. The molecule has 0 aliphatic carbocycles. The zero-order valence-corrected chi connectivity index (χ0v) is 16.1. The van der Waals surface area contributed by atoms with Gasteiger partial charge in [-0.25, -0.2) is 4.98 Å². The summed E-state index contributed by atoms with van der Waals surface area (Å²) in [6.07, 6.45) is 2.53. The first kappa shape index (κ1) is 19.4. The van der Waals surface area contributed by atoms with E-state index in [4.69, 9.17) is 4.74 Å². The van der Waals surface area contributed by atoms with Crippen molar-refractivity contribution in [3.05, 3.63) is 42.1 Å². The van der Waals surface area contributed by atoms with E-state index < -0.39 is 0 Å². The second kappa shape index (κ2) is 9.53. The molecule has 1 aliphatic rings. The molecule has 0 spiro atoms. The van der Waals surface area contributed by atoms with Gasteiger partial charge in [0.2, 0.25) is 5.95 Å². The normalized spacial score (nSPS) is 17.7. The number of hydrogen-bond acceptors (Lipinski definition) is 7. The molecule has 7 heteroatoms. The van der Waals surface area contributed by atoms with Crippen molar-refractivity contribution in [2.75, 3.05) is 50.1 Å². The Hall–Kier alpha value is -2.38. The number of aliphatic hydroxyl groups excluding tert-OH is 1. The fourth-order valence-corrected chi connectivity index (χ4v) is 3.49. The molecule has 1 saturated heterocycles. The first-order valence-electron chi connectivity index (χ1n) is 9.53. The molecule has 27 heavy (non-hydrogen) atoms. The van der Waals surface area contributed by atoms with Gasteiger partial charge in [0.05, 0.1) is 7.11 Å². The second-order valence-electron chi connectivity index (χ2n) is 6.71. The van der Waals surface area contributed by atoms with Crippen molar-refractivity contribution in [2.45, 2.75) is 25.9 Å². The van der Waals surface area contributed by atoms with Crippen LogP contribution in [0.25, 0.3) is 0 Å². The van der Waals surface area contributed by atoms with Gasteiger partial charge in [0.25, 0.3) is 0 Å². The molecule has 0 saturated carbocycles. The van der Waals surface area contributed by atoms with Crippen molar-refractivity contribution in [3.63, 3.8) is 0 Å². The Kier molecular flexibility index (Phi) is 6.84. The van der Waals surface area contributed by atoms with Crippen LogP contribution in [-0.2, 0) is 6.54 Å². The van der Waals surface area contributed by atoms with E-state index in [9.17, 15) is 5.11 Å². The number of anilines is 2. The van der Waals surface area contributed by atoms with Gasteiger partial charge in [-0.2, -0.15) is 4.98 Å². The zero-order valence-electron chi connectivity index (χ0n) is 16.1. The van der Waals surface area contributed by atoms with Crippen LogP contribution in [0.4, 0.5) is 11.8 Å². The Balaban J connectivity index is 1.70. The monoisotopic (exact) mass is 371 g/mol. The maximum atomic E-state index is 9.55. The summed E-state index contributed by atoms with van der Waals surface area (Å²) in [7, 11) is 1.69. The molecule has 1 atom stereocenters. The fourth-order valence-electron chi connectivity index (χ4n) is 3.49. The standard InChI is InChI=1S/C20H29N5O2/c1-3-21-19-7-9-22-20(23-19)25-11-10-24(17(15-25)8-12-26)14-16-5-4-6-18(13-16)27-2/h4-7,9,13,17,26H,3,8,10-12,14-15H2,1-2H3,(H,21,22,23)/t17-/m0/s1. The molecular formula is C20H29N5O2. The molecular weight excluding hydrogens is 342 g/mol. The first-order valence-corrected chi connectivity index (χ1v) is 9.53. The number of piperazine rings is 1. The Bertz CT molecular complexity index is 727. The number of aliphatic hydroxyl groups is 1. The summed E-state index contributed by atoms with van der Waals surface area (Å²) in [5.41, 5.74) is 1.22. The van der Waals surface area contributed by atoms with Crippen LogP contribution in [0.2, 0.25) is 0 Å². The topological polar surface area (TPSA) is 73.8 Å².